The average molecular weight is 1150 g/mol. The zero-order valence-corrected chi connectivity index (χ0v) is 55.8. The molecule has 6 heteroatoms. The molecule has 0 N–H and O–H groups in total. The van der Waals surface area contributed by atoms with Crippen molar-refractivity contribution in [1.29, 1.82) is 0 Å². The van der Waals surface area contributed by atoms with E-state index in [0.29, 0.717) is 10.8 Å². The van der Waals surface area contributed by atoms with Gasteiger partial charge in [-0.3, -0.25) is 19.6 Å². The minimum atomic E-state index is 0.384. The Bertz CT molecular complexity index is 2260. The molecule has 4 nitrogen and oxygen atoms in total. The van der Waals surface area contributed by atoms with Crippen molar-refractivity contribution in [2.75, 3.05) is 0 Å². The lowest BCUT2D eigenvalue weighted by Crippen LogP contribution is -2.78. The van der Waals surface area contributed by atoms with Crippen LogP contribution in [0.3, 0.4) is 0 Å². The lowest BCUT2D eigenvalue weighted by Gasteiger charge is -2.74. The highest BCUT2D eigenvalue weighted by molar-refractivity contribution is 6.67. The summed E-state index contributed by atoms with van der Waals surface area (Å²) in [5.74, 6) is 16.2. The summed E-state index contributed by atoms with van der Waals surface area (Å²) in [5, 5.41) is 0. The van der Waals surface area contributed by atoms with E-state index < -0.39 is 0 Å². The Morgan fingerprint density at radius 1 is 0.250 bits per heavy atom. The van der Waals surface area contributed by atoms with Gasteiger partial charge in [0.1, 0.15) is 0 Å². The molecule has 0 aromatic rings. The van der Waals surface area contributed by atoms with Gasteiger partial charge < -0.3 is 0 Å². The van der Waals surface area contributed by atoms with Crippen molar-refractivity contribution in [3.8, 4) is 0 Å². The first kappa shape index (κ1) is 57.8. The average Bonchev–Trinajstić information content (AvgIpc) is 0.767. The lowest BCUT2D eigenvalue weighted by atomic mass is 9.13. The van der Waals surface area contributed by atoms with Crippen LogP contribution >= 0.6 is 0 Å². The molecule has 17 aliphatic rings. The number of fused-ring (bicyclic) bond motifs is 8. The highest BCUT2D eigenvalue weighted by Gasteiger charge is 2.72. The third-order valence-corrected chi connectivity index (χ3v) is 33.5. The molecule has 468 valence electrons. The monoisotopic (exact) mass is 1150 g/mol. The smallest absolute Gasteiger partial charge is 0.156 e. The molecule has 13 aliphatic carbocycles. The summed E-state index contributed by atoms with van der Waals surface area (Å²) < 4.78 is 0. The summed E-state index contributed by atoms with van der Waals surface area (Å²) in [7, 11) is 0. The van der Waals surface area contributed by atoms with Gasteiger partial charge in [-0.2, -0.15) is 0 Å². The van der Waals surface area contributed by atoms with Crippen molar-refractivity contribution < 1.29 is 0 Å². The highest BCUT2D eigenvalue weighted by Crippen LogP contribution is 2.71. The number of hydrogen-bond acceptors (Lipinski definition) is 4. The van der Waals surface area contributed by atoms with E-state index >= 15 is 0 Å². The van der Waals surface area contributed by atoms with Crippen molar-refractivity contribution in [3.05, 3.63) is 0 Å². The first-order chi connectivity index (χ1) is 41.0. The van der Waals surface area contributed by atoms with Crippen LogP contribution in [-0.2, 0) is 0 Å². The molecule has 0 aromatic heterocycles. The second-order valence-corrected chi connectivity index (χ2v) is 38.3. The van der Waals surface area contributed by atoms with E-state index in [1.807, 2.05) is 0 Å². The predicted octanol–water partition coefficient (Wildman–Crippen LogP) is 19.7. The summed E-state index contributed by atoms with van der Waals surface area (Å²) in [6.45, 7) is 18.4. The molecular weight excluding hydrogens is 1010 g/mol. The Morgan fingerprint density at radius 3 is 1.10 bits per heavy atom. The molecular formula is C78H130B2N4. The Kier molecular flexibility index (Phi) is 15.8. The Hall–Kier alpha value is -0.0301. The van der Waals surface area contributed by atoms with Crippen LogP contribution in [-0.4, -0.2) is 106 Å². The molecule has 4 saturated heterocycles. The molecule has 0 radical (unpaired) electrons. The lowest BCUT2D eigenvalue weighted by molar-refractivity contribution is -0.117. The normalized spacial score (nSPS) is 50.2. The molecule has 24 atom stereocenters. The van der Waals surface area contributed by atoms with Crippen molar-refractivity contribution in [2.45, 2.75) is 419 Å². The van der Waals surface area contributed by atoms with Crippen LogP contribution in [0.25, 0.3) is 0 Å². The summed E-state index contributed by atoms with van der Waals surface area (Å²) in [4.78, 5) is 14.5. The van der Waals surface area contributed by atoms with E-state index in [0.717, 1.165) is 180 Å². The van der Waals surface area contributed by atoms with Crippen LogP contribution in [0.4, 0.5) is 0 Å². The fourth-order valence-electron chi connectivity index (χ4n) is 30.7. The molecule has 0 spiro atoms. The molecule has 0 bridgehead atoms. The van der Waals surface area contributed by atoms with E-state index in [9.17, 15) is 0 Å². The maximum Gasteiger partial charge on any atom is 0.156 e. The third kappa shape index (κ3) is 9.57. The van der Waals surface area contributed by atoms with Gasteiger partial charge in [0.2, 0.25) is 0 Å². The van der Waals surface area contributed by atoms with Crippen LogP contribution in [0, 0.1) is 70.0 Å². The van der Waals surface area contributed by atoms with Crippen LogP contribution < -0.4 is 0 Å². The maximum atomic E-state index is 3.69. The number of nitrogens with zero attached hydrogens (tertiary/aromatic N) is 4. The Labute approximate surface area is 518 Å². The minimum Gasteiger partial charge on any atom is -0.295 e. The van der Waals surface area contributed by atoms with Gasteiger partial charge >= 0.3 is 0 Å². The van der Waals surface area contributed by atoms with E-state index in [1.165, 1.54) is 148 Å². The third-order valence-electron chi connectivity index (χ3n) is 33.5. The molecule has 0 amide bonds. The fraction of sp³-hybridized carbons (Fsp3) is 1.00. The van der Waals surface area contributed by atoms with Crippen LogP contribution in [0.2, 0.25) is 34.9 Å². The molecule has 17 fully saturated rings. The molecule has 13 saturated carbocycles. The summed E-state index contributed by atoms with van der Waals surface area (Å²) in [6, 6.07) is 10.2. The highest BCUT2D eigenvalue weighted by atomic mass is 15.3. The fourth-order valence-corrected chi connectivity index (χ4v) is 30.7. The molecule has 84 heavy (non-hydrogen) atoms. The van der Waals surface area contributed by atoms with Crippen LogP contribution in [0.15, 0.2) is 0 Å². The topological polar surface area (TPSA) is 13.0 Å². The standard InChI is InChI=1S/C78H130B2N4/c1-77(2,3)53-43-69-75-71(45-53)83(57-28-15-9-16-29-57)67-48-68-64(47-63(67)79(75)61-32-19-20-33-65(61)81(69)55-24-11-7-12-25-55)80-62-42-52(59-39-36-51-35-34-49-22-21-23-50-37-40-60(59)74(51)73(49)50)38-41-66(62)82(56-26-13-8-14-27-56)70-44-54(78(4,5)6)46-72(76(70)80)84(68)58-30-17-10-18-31-58/h49-76H,7-48H2,1-6H3/t49?,50?,51?,52?,53-,54?,59+,60?,61?,62?,63-,64+,65?,66?,67?,68?,69?,70?,71?,72?,73?,74+,75?,76?/m1/s1. The second kappa shape index (κ2) is 22.9. The summed E-state index contributed by atoms with van der Waals surface area (Å²) >= 11 is 0. The van der Waals surface area contributed by atoms with Gasteiger partial charge in [-0.25, -0.2) is 0 Å². The van der Waals surface area contributed by atoms with Crippen molar-refractivity contribution in [2.24, 2.45) is 70.0 Å². The van der Waals surface area contributed by atoms with Crippen molar-refractivity contribution in [1.82, 2.24) is 19.6 Å². The second-order valence-electron chi connectivity index (χ2n) is 38.3. The number of rotatable bonds is 5. The Morgan fingerprint density at radius 2 is 0.619 bits per heavy atom. The first-order valence-corrected chi connectivity index (χ1v) is 40.1. The quantitative estimate of drug-likeness (QED) is 0.254. The van der Waals surface area contributed by atoms with Crippen molar-refractivity contribution >= 4 is 13.4 Å². The van der Waals surface area contributed by atoms with Gasteiger partial charge in [0.05, 0.1) is 0 Å². The van der Waals surface area contributed by atoms with E-state index in [1.54, 1.807) is 122 Å². The minimum absolute atomic E-state index is 0.384. The van der Waals surface area contributed by atoms with Crippen LogP contribution in [0.1, 0.15) is 311 Å². The van der Waals surface area contributed by atoms with Gasteiger partial charge in [0, 0.05) is 72.5 Å². The summed E-state index contributed by atoms with van der Waals surface area (Å²) in [6.07, 6.45) is 65.4. The predicted molar refractivity (Wildman–Crippen MR) is 355 cm³/mol. The zero-order chi connectivity index (χ0) is 56.3. The zero-order valence-electron chi connectivity index (χ0n) is 55.8. The van der Waals surface area contributed by atoms with Gasteiger partial charge in [-0.1, -0.05) is 170 Å². The van der Waals surface area contributed by atoms with Crippen LogP contribution in [0.5, 0.6) is 0 Å². The summed E-state index contributed by atoms with van der Waals surface area (Å²) in [5.41, 5.74) is 0.773. The Balaban J connectivity index is 0.810. The number of hydrogen-bond donors (Lipinski definition) is 0. The molecule has 17 rings (SSSR count). The van der Waals surface area contributed by atoms with Gasteiger partial charge in [-0.15, -0.1) is 0 Å². The van der Waals surface area contributed by atoms with E-state index in [-0.39, 0.29) is 0 Å². The molecule has 0 aromatic carbocycles. The first-order valence-electron chi connectivity index (χ1n) is 40.1. The molecule has 4 heterocycles. The van der Waals surface area contributed by atoms with Gasteiger partial charge in [0.25, 0.3) is 0 Å². The van der Waals surface area contributed by atoms with Gasteiger partial charge in [0.15, 0.2) is 13.4 Å². The maximum absolute atomic E-state index is 3.69. The van der Waals surface area contributed by atoms with E-state index in [4.69, 9.17) is 0 Å². The van der Waals surface area contributed by atoms with Crippen molar-refractivity contribution in [3.63, 3.8) is 0 Å². The molecule has 4 aliphatic heterocycles. The molecule has 19 unspecified atom stereocenters. The van der Waals surface area contributed by atoms with E-state index in [2.05, 4.69) is 61.1 Å². The largest absolute Gasteiger partial charge is 0.295 e. The SMILES string of the molecule is CC(C)(C)C1CC2C3B(C4CC([C@@H]5CCC6CCC7CCCC8CCC5[C@H]6C78)CCC4N2C2CCCCC2)[C@H]2C[C@H]4B5C6CCCCC6N(C6CCCCC6)C6C[C@@H](C(C)(C)C)CC(C56)N(C5CCCCC5)C4CC2N(C2CCCCC2)C3C1. The van der Waals surface area contributed by atoms with Gasteiger partial charge in [-0.05, 0) is 246 Å².